The summed E-state index contributed by atoms with van der Waals surface area (Å²) in [6.07, 6.45) is 30.9. The van der Waals surface area contributed by atoms with Gasteiger partial charge in [0.25, 0.3) is 0 Å². The number of carboxylic acids is 1. The molecule has 2 atom stereocenters. The summed E-state index contributed by atoms with van der Waals surface area (Å²) in [5.74, 6) is -1.75. The van der Waals surface area contributed by atoms with Crippen LogP contribution in [0.5, 0.6) is 0 Å². The van der Waals surface area contributed by atoms with Gasteiger partial charge in [0.1, 0.15) is 12.6 Å². The molecule has 48 heavy (non-hydrogen) atoms. The molecular weight excluding hydrogens is 606 g/mol. The van der Waals surface area contributed by atoms with Gasteiger partial charge in [-0.3, -0.25) is 9.59 Å². The maximum absolute atomic E-state index is 12.6. The number of allylic oxidation sites excluding steroid dienone is 2. The average Bonchev–Trinajstić information content (AvgIpc) is 3.03. The molecule has 0 heterocycles. The summed E-state index contributed by atoms with van der Waals surface area (Å²) in [4.78, 5) is 36.6. The van der Waals surface area contributed by atoms with E-state index in [0.717, 1.165) is 51.4 Å². The van der Waals surface area contributed by atoms with E-state index in [0.29, 0.717) is 12.8 Å². The van der Waals surface area contributed by atoms with Gasteiger partial charge < -0.3 is 28.6 Å². The minimum absolute atomic E-state index is 0.0409. The van der Waals surface area contributed by atoms with E-state index in [1.165, 1.54) is 89.9 Å². The fraction of sp³-hybridized carbons (Fsp3) is 0.875. The predicted molar refractivity (Wildman–Crippen MR) is 194 cm³/mol. The molecule has 0 radical (unpaired) electrons. The Morgan fingerprint density at radius 2 is 1.04 bits per heavy atom. The van der Waals surface area contributed by atoms with Crippen LogP contribution in [0.3, 0.4) is 0 Å². The van der Waals surface area contributed by atoms with Crippen molar-refractivity contribution in [2.24, 2.45) is 0 Å². The number of esters is 2. The number of carbonyl (C=O) groups excluding carboxylic acids is 3. The van der Waals surface area contributed by atoms with E-state index >= 15 is 0 Å². The van der Waals surface area contributed by atoms with Crippen LogP contribution in [0.4, 0.5) is 0 Å². The van der Waals surface area contributed by atoms with Crippen LogP contribution in [-0.4, -0.2) is 75.5 Å². The molecule has 0 aliphatic rings. The van der Waals surface area contributed by atoms with E-state index in [1.54, 1.807) is 21.1 Å². The Labute approximate surface area is 295 Å². The molecule has 0 aromatic carbocycles. The second-order valence-electron chi connectivity index (χ2n) is 14.5. The Morgan fingerprint density at radius 1 is 0.604 bits per heavy atom. The Hall–Kier alpha value is -1.93. The van der Waals surface area contributed by atoms with Crippen LogP contribution in [0.2, 0.25) is 0 Å². The third-order valence-corrected chi connectivity index (χ3v) is 8.90. The van der Waals surface area contributed by atoms with Crippen molar-refractivity contribution < 1.29 is 38.2 Å². The number of nitrogens with zero attached hydrogens (tertiary/aromatic N) is 1. The van der Waals surface area contributed by atoms with Crippen molar-refractivity contribution in [3.8, 4) is 0 Å². The summed E-state index contributed by atoms with van der Waals surface area (Å²) in [7, 11) is 5.40. The van der Waals surface area contributed by atoms with E-state index in [1.807, 2.05) is 0 Å². The van der Waals surface area contributed by atoms with Crippen LogP contribution in [0.25, 0.3) is 0 Å². The van der Waals surface area contributed by atoms with Crippen molar-refractivity contribution >= 4 is 17.9 Å². The van der Waals surface area contributed by atoms with E-state index in [-0.39, 0.29) is 42.7 Å². The van der Waals surface area contributed by atoms with Crippen molar-refractivity contribution in [3.63, 3.8) is 0 Å². The summed E-state index contributed by atoms with van der Waals surface area (Å²) < 4.78 is 17.1. The molecule has 0 aliphatic carbocycles. The van der Waals surface area contributed by atoms with E-state index in [4.69, 9.17) is 14.2 Å². The van der Waals surface area contributed by atoms with Crippen LogP contribution in [0, 0.1) is 0 Å². The number of likely N-dealkylation sites (N-methyl/N-ethyl adjacent to an activating group) is 1. The van der Waals surface area contributed by atoms with Crippen LogP contribution in [0.1, 0.15) is 174 Å². The topological polar surface area (TPSA) is 102 Å². The maximum atomic E-state index is 12.6. The number of hydrogen-bond acceptors (Lipinski definition) is 7. The molecule has 0 aromatic heterocycles. The van der Waals surface area contributed by atoms with Gasteiger partial charge in [-0.1, -0.05) is 129 Å². The Morgan fingerprint density at radius 3 is 1.52 bits per heavy atom. The monoisotopic (exact) mass is 682 g/mol. The fourth-order valence-corrected chi connectivity index (χ4v) is 5.77. The van der Waals surface area contributed by atoms with Crippen molar-refractivity contribution in [2.45, 2.75) is 187 Å². The standard InChI is InChI=1S/C40H75NO7/c1-6-8-10-12-14-16-18-19-21-22-24-26-28-30-38(42)47-35-36(34-46-33-32-37(40(44)45)41(3,4)5)48-39(43)31-29-27-25-23-20-17-15-13-11-9-7-2/h19,21,36-37H,6-18,20,22-35H2,1-5H3/b21-19+. The first-order chi connectivity index (χ1) is 23.1. The molecule has 0 aliphatic heterocycles. The Kier molecular flexibility index (Phi) is 31.0. The number of quaternary nitrogens is 1. The second-order valence-corrected chi connectivity index (χ2v) is 14.5. The van der Waals surface area contributed by atoms with Crippen molar-refractivity contribution in [1.29, 1.82) is 0 Å². The number of unbranched alkanes of at least 4 members (excludes halogenated alkanes) is 19. The van der Waals surface area contributed by atoms with E-state index in [2.05, 4.69) is 26.0 Å². The zero-order valence-electron chi connectivity index (χ0n) is 31.9. The number of rotatable bonds is 35. The number of ether oxygens (including phenoxy) is 3. The van der Waals surface area contributed by atoms with Gasteiger partial charge in [-0.2, -0.15) is 0 Å². The predicted octanol–water partition coefficient (Wildman–Crippen LogP) is 8.63. The summed E-state index contributed by atoms with van der Waals surface area (Å²) in [6.45, 7) is 4.63. The number of aliphatic carboxylic acids is 1. The normalized spacial score (nSPS) is 13.1. The molecule has 0 N–H and O–H groups in total. The van der Waals surface area contributed by atoms with Gasteiger partial charge in [0, 0.05) is 19.3 Å². The van der Waals surface area contributed by atoms with Gasteiger partial charge >= 0.3 is 11.9 Å². The molecule has 8 nitrogen and oxygen atoms in total. The molecule has 0 aromatic rings. The zero-order chi connectivity index (χ0) is 35.7. The third-order valence-electron chi connectivity index (χ3n) is 8.90. The van der Waals surface area contributed by atoms with E-state index in [9.17, 15) is 19.5 Å². The minimum Gasteiger partial charge on any atom is -0.544 e. The number of carboxylic acid groups (broad SMARTS) is 1. The highest BCUT2D eigenvalue weighted by Gasteiger charge is 2.25. The molecule has 282 valence electrons. The second kappa shape index (κ2) is 32.3. The highest BCUT2D eigenvalue weighted by atomic mass is 16.6. The number of hydrogen-bond donors (Lipinski definition) is 0. The highest BCUT2D eigenvalue weighted by Crippen LogP contribution is 2.14. The van der Waals surface area contributed by atoms with Crippen LogP contribution in [0.15, 0.2) is 12.2 Å². The SMILES string of the molecule is CCCCCCCC/C=C/CCCCCC(=O)OCC(COCCC(C(=O)[O-])[N+](C)(C)C)OC(=O)CCCCCCCCCCCCC. The lowest BCUT2D eigenvalue weighted by Gasteiger charge is -2.34. The Balaban J connectivity index is 4.42. The first kappa shape index (κ1) is 46.1. The average molecular weight is 682 g/mol. The first-order valence-corrected chi connectivity index (χ1v) is 19.7. The molecule has 0 fully saturated rings. The molecule has 0 saturated heterocycles. The van der Waals surface area contributed by atoms with Gasteiger partial charge in [0.05, 0.1) is 40.3 Å². The fourth-order valence-electron chi connectivity index (χ4n) is 5.77. The highest BCUT2D eigenvalue weighted by molar-refractivity contribution is 5.70. The lowest BCUT2D eigenvalue weighted by Crippen LogP contribution is -2.55. The molecule has 2 unspecified atom stereocenters. The van der Waals surface area contributed by atoms with Gasteiger partial charge in [0.15, 0.2) is 6.10 Å². The minimum atomic E-state index is -1.13. The summed E-state index contributed by atoms with van der Waals surface area (Å²) in [5, 5.41) is 11.6. The zero-order valence-corrected chi connectivity index (χ0v) is 31.9. The van der Waals surface area contributed by atoms with Crippen LogP contribution in [-0.2, 0) is 28.6 Å². The van der Waals surface area contributed by atoms with Gasteiger partial charge in [-0.25, -0.2) is 0 Å². The third kappa shape index (κ3) is 30.2. The molecule has 8 heteroatoms. The van der Waals surface area contributed by atoms with Crippen LogP contribution >= 0.6 is 0 Å². The lowest BCUT2D eigenvalue weighted by atomic mass is 10.1. The summed E-state index contributed by atoms with van der Waals surface area (Å²) >= 11 is 0. The number of carbonyl (C=O) groups is 3. The molecule has 0 amide bonds. The molecule has 0 saturated carbocycles. The Bertz CT molecular complexity index is 808. The lowest BCUT2D eigenvalue weighted by molar-refractivity contribution is -0.889. The van der Waals surface area contributed by atoms with Gasteiger partial charge in [-0.15, -0.1) is 0 Å². The molecular formula is C40H75NO7. The first-order valence-electron chi connectivity index (χ1n) is 19.7. The summed E-state index contributed by atoms with van der Waals surface area (Å²) in [5.41, 5.74) is 0. The van der Waals surface area contributed by atoms with Crippen molar-refractivity contribution in [2.75, 3.05) is 41.0 Å². The largest absolute Gasteiger partial charge is 0.544 e. The maximum Gasteiger partial charge on any atom is 0.306 e. The van der Waals surface area contributed by atoms with Crippen molar-refractivity contribution in [1.82, 2.24) is 0 Å². The van der Waals surface area contributed by atoms with E-state index < -0.39 is 18.1 Å². The molecule has 0 spiro atoms. The van der Waals surface area contributed by atoms with Crippen molar-refractivity contribution in [3.05, 3.63) is 12.2 Å². The van der Waals surface area contributed by atoms with Gasteiger partial charge in [-0.05, 0) is 38.5 Å². The summed E-state index contributed by atoms with van der Waals surface area (Å²) in [6, 6.07) is -0.722. The van der Waals surface area contributed by atoms with Gasteiger partial charge in [0.2, 0.25) is 0 Å². The molecule has 0 rings (SSSR count). The smallest absolute Gasteiger partial charge is 0.306 e. The van der Waals surface area contributed by atoms with Crippen LogP contribution < -0.4 is 5.11 Å². The molecule has 0 bridgehead atoms. The quantitative estimate of drug-likeness (QED) is 0.0286.